The molecule has 3 rings (SSSR count). The highest BCUT2D eigenvalue weighted by atomic mass is 16.5. The van der Waals surface area contributed by atoms with Gasteiger partial charge in [0.25, 0.3) is 0 Å². The normalized spacial score (nSPS) is 23.1. The topological polar surface area (TPSA) is 90.1 Å². The highest BCUT2D eigenvalue weighted by molar-refractivity contribution is 5.89. The molecule has 1 saturated carbocycles. The SMILES string of the molecule is COc1ncnc2c1ncn2[C@H]1CC(=O)[C@@H]1CO. The maximum atomic E-state index is 11.4. The van der Waals surface area contributed by atoms with Crippen molar-refractivity contribution in [3.63, 3.8) is 0 Å². The van der Waals surface area contributed by atoms with E-state index in [0.717, 1.165) is 0 Å². The van der Waals surface area contributed by atoms with Crippen molar-refractivity contribution < 1.29 is 14.6 Å². The number of carbonyl (C=O) groups is 1. The number of imidazole rings is 1. The second kappa shape index (κ2) is 4.02. The maximum Gasteiger partial charge on any atom is 0.245 e. The lowest BCUT2D eigenvalue weighted by Crippen LogP contribution is -2.41. The molecule has 1 aliphatic rings. The second-order valence-electron chi connectivity index (χ2n) is 4.23. The van der Waals surface area contributed by atoms with Crippen molar-refractivity contribution in [2.45, 2.75) is 12.5 Å². The van der Waals surface area contributed by atoms with E-state index in [2.05, 4.69) is 15.0 Å². The van der Waals surface area contributed by atoms with Gasteiger partial charge in [-0.05, 0) is 0 Å². The molecule has 0 radical (unpaired) electrons. The number of ether oxygens (including phenoxy) is 1. The Morgan fingerprint density at radius 1 is 1.50 bits per heavy atom. The number of methoxy groups -OCH3 is 1. The lowest BCUT2D eigenvalue weighted by molar-refractivity contribution is -0.135. The van der Waals surface area contributed by atoms with Crippen LogP contribution in [0.2, 0.25) is 0 Å². The third-order valence-corrected chi connectivity index (χ3v) is 3.36. The van der Waals surface area contributed by atoms with E-state index in [1.54, 1.807) is 6.33 Å². The number of aliphatic hydroxyl groups is 1. The van der Waals surface area contributed by atoms with E-state index in [4.69, 9.17) is 4.74 Å². The van der Waals surface area contributed by atoms with Gasteiger partial charge in [0.05, 0.1) is 32.0 Å². The van der Waals surface area contributed by atoms with Gasteiger partial charge in [-0.1, -0.05) is 0 Å². The molecule has 1 aliphatic carbocycles. The molecule has 2 aromatic heterocycles. The van der Waals surface area contributed by atoms with E-state index in [0.29, 0.717) is 23.5 Å². The van der Waals surface area contributed by atoms with Crippen LogP contribution >= 0.6 is 0 Å². The number of Topliss-reactive ketones (excluding diaryl/α,β-unsaturated/α-hetero) is 1. The van der Waals surface area contributed by atoms with E-state index >= 15 is 0 Å². The second-order valence-corrected chi connectivity index (χ2v) is 4.23. The van der Waals surface area contributed by atoms with E-state index in [9.17, 15) is 9.90 Å². The lowest BCUT2D eigenvalue weighted by Gasteiger charge is -2.34. The van der Waals surface area contributed by atoms with Gasteiger partial charge >= 0.3 is 0 Å². The molecule has 1 N–H and O–H groups in total. The standard InChI is InChI=1S/C11H12N4O3/c1-18-11-9-10(12-4-13-11)15(5-14-9)7-2-8(17)6(7)3-16/h4-7,16H,2-3H2,1H3/t6-,7+/m1/s1. The molecule has 0 aromatic carbocycles. The largest absolute Gasteiger partial charge is 0.479 e. The molecule has 2 heterocycles. The summed E-state index contributed by atoms with van der Waals surface area (Å²) in [5.41, 5.74) is 1.19. The van der Waals surface area contributed by atoms with Gasteiger partial charge in [0.15, 0.2) is 11.2 Å². The summed E-state index contributed by atoms with van der Waals surface area (Å²) < 4.78 is 6.91. The first-order chi connectivity index (χ1) is 8.76. The highest BCUT2D eigenvalue weighted by Gasteiger charge is 2.41. The molecule has 7 heteroatoms. The number of carbonyl (C=O) groups excluding carboxylic acids is 1. The lowest BCUT2D eigenvalue weighted by atomic mass is 9.78. The van der Waals surface area contributed by atoms with Gasteiger partial charge in [-0.3, -0.25) is 4.79 Å². The number of hydrogen-bond acceptors (Lipinski definition) is 6. The Hall–Kier alpha value is -2.02. The molecule has 0 aliphatic heterocycles. The number of rotatable bonds is 3. The fourth-order valence-corrected chi connectivity index (χ4v) is 2.29. The fourth-order valence-electron chi connectivity index (χ4n) is 2.29. The molecule has 0 amide bonds. The van der Waals surface area contributed by atoms with Gasteiger partial charge < -0.3 is 14.4 Å². The number of aromatic nitrogens is 4. The first-order valence-corrected chi connectivity index (χ1v) is 5.61. The Morgan fingerprint density at radius 2 is 2.33 bits per heavy atom. The minimum atomic E-state index is -0.358. The molecular formula is C11H12N4O3. The monoisotopic (exact) mass is 248 g/mol. The minimum absolute atomic E-state index is 0.0744. The van der Waals surface area contributed by atoms with Gasteiger partial charge in [-0.25, -0.2) is 9.97 Å². The Morgan fingerprint density at radius 3 is 3.00 bits per heavy atom. The molecule has 18 heavy (non-hydrogen) atoms. The summed E-state index contributed by atoms with van der Waals surface area (Å²) >= 11 is 0. The maximum absolute atomic E-state index is 11.4. The zero-order chi connectivity index (χ0) is 12.7. The number of nitrogens with zero attached hydrogens (tertiary/aromatic N) is 4. The van der Waals surface area contributed by atoms with Gasteiger partial charge in [-0.15, -0.1) is 0 Å². The van der Waals surface area contributed by atoms with Crippen LogP contribution < -0.4 is 4.74 Å². The van der Waals surface area contributed by atoms with E-state index in [-0.39, 0.29) is 24.3 Å². The van der Waals surface area contributed by atoms with Crippen LogP contribution in [0.3, 0.4) is 0 Å². The molecule has 0 unspecified atom stereocenters. The van der Waals surface area contributed by atoms with Crippen LogP contribution in [0.25, 0.3) is 11.2 Å². The molecule has 1 fully saturated rings. The van der Waals surface area contributed by atoms with Gasteiger partial charge in [0, 0.05) is 6.42 Å². The van der Waals surface area contributed by atoms with Gasteiger partial charge in [0.1, 0.15) is 12.1 Å². The fraction of sp³-hybridized carbons (Fsp3) is 0.455. The average molecular weight is 248 g/mol. The summed E-state index contributed by atoms with van der Waals surface area (Å²) in [5, 5.41) is 9.19. The molecule has 0 saturated heterocycles. The van der Waals surface area contributed by atoms with Crippen LogP contribution in [-0.2, 0) is 4.79 Å². The molecule has 7 nitrogen and oxygen atoms in total. The smallest absolute Gasteiger partial charge is 0.245 e. The van der Waals surface area contributed by atoms with E-state index in [1.807, 2.05) is 4.57 Å². The summed E-state index contributed by atoms with van der Waals surface area (Å²) in [6, 6.07) is -0.0768. The van der Waals surface area contributed by atoms with E-state index in [1.165, 1.54) is 13.4 Å². The summed E-state index contributed by atoms with van der Waals surface area (Å²) in [7, 11) is 1.52. The Kier molecular flexibility index (Phi) is 2.48. The van der Waals surface area contributed by atoms with Crippen LogP contribution in [0, 0.1) is 5.92 Å². The molecular weight excluding hydrogens is 236 g/mol. The third kappa shape index (κ3) is 1.40. The zero-order valence-electron chi connectivity index (χ0n) is 9.78. The van der Waals surface area contributed by atoms with E-state index < -0.39 is 0 Å². The summed E-state index contributed by atoms with van der Waals surface area (Å²) in [5.74, 6) is 0.124. The molecule has 0 spiro atoms. The van der Waals surface area contributed by atoms with Gasteiger partial charge in [-0.2, -0.15) is 4.98 Å². The third-order valence-electron chi connectivity index (χ3n) is 3.36. The summed E-state index contributed by atoms with van der Waals surface area (Å²) in [4.78, 5) is 23.7. The van der Waals surface area contributed by atoms with Crippen molar-refractivity contribution in [1.82, 2.24) is 19.5 Å². The zero-order valence-corrected chi connectivity index (χ0v) is 9.78. The molecule has 2 atom stereocenters. The van der Waals surface area contributed by atoms with Crippen molar-refractivity contribution >= 4 is 16.9 Å². The number of ketones is 1. The predicted octanol–water partition coefficient (Wildman–Crippen LogP) is -0.0427. The average Bonchev–Trinajstić information content (AvgIpc) is 2.79. The van der Waals surface area contributed by atoms with Crippen molar-refractivity contribution in [3.05, 3.63) is 12.7 Å². The molecule has 2 aromatic rings. The minimum Gasteiger partial charge on any atom is -0.479 e. The van der Waals surface area contributed by atoms with Crippen molar-refractivity contribution in [2.75, 3.05) is 13.7 Å². The first-order valence-electron chi connectivity index (χ1n) is 5.61. The summed E-state index contributed by atoms with van der Waals surface area (Å²) in [6.45, 7) is -0.147. The van der Waals surface area contributed by atoms with Crippen LogP contribution in [0.1, 0.15) is 12.5 Å². The van der Waals surface area contributed by atoms with Crippen LogP contribution in [0.4, 0.5) is 0 Å². The Balaban J connectivity index is 2.06. The Bertz CT molecular complexity index is 609. The van der Waals surface area contributed by atoms with Crippen LogP contribution in [0.5, 0.6) is 5.88 Å². The highest BCUT2D eigenvalue weighted by Crippen LogP contribution is 2.37. The summed E-state index contributed by atoms with van der Waals surface area (Å²) in [6.07, 6.45) is 3.42. The number of hydrogen-bond donors (Lipinski definition) is 1. The predicted molar refractivity (Wildman–Crippen MR) is 61.1 cm³/mol. The van der Waals surface area contributed by atoms with Gasteiger partial charge in [0.2, 0.25) is 5.88 Å². The number of fused-ring (bicyclic) bond motifs is 1. The van der Waals surface area contributed by atoms with Crippen molar-refractivity contribution in [3.8, 4) is 5.88 Å². The van der Waals surface area contributed by atoms with Crippen LogP contribution in [0.15, 0.2) is 12.7 Å². The van der Waals surface area contributed by atoms with Crippen molar-refractivity contribution in [1.29, 1.82) is 0 Å². The quantitative estimate of drug-likeness (QED) is 0.819. The Labute approximate surface area is 102 Å². The molecule has 94 valence electrons. The molecule has 0 bridgehead atoms. The van der Waals surface area contributed by atoms with Crippen LogP contribution in [-0.4, -0.2) is 44.1 Å². The number of aliphatic hydroxyl groups excluding tert-OH is 1. The first kappa shape index (κ1) is 11.1. The van der Waals surface area contributed by atoms with Crippen molar-refractivity contribution in [2.24, 2.45) is 5.92 Å².